The van der Waals surface area contributed by atoms with Gasteiger partial charge in [-0.1, -0.05) is 24.3 Å². The summed E-state index contributed by atoms with van der Waals surface area (Å²) in [5.74, 6) is 1.27. The molecular weight excluding hydrogens is 334 g/mol. The van der Waals surface area contributed by atoms with Crippen molar-refractivity contribution in [1.82, 2.24) is 10.3 Å². The Morgan fingerprint density at radius 1 is 1.00 bits per heavy atom. The van der Waals surface area contributed by atoms with Crippen LogP contribution >= 0.6 is 0 Å². The molecule has 27 heavy (non-hydrogen) atoms. The summed E-state index contributed by atoms with van der Waals surface area (Å²) in [6.07, 6.45) is 4.55. The van der Waals surface area contributed by atoms with Gasteiger partial charge in [0.05, 0.1) is 11.6 Å². The first kappa shape index (κ1) is 16.1. The molecule has 2 aromatic carbocycles. The van der Waals surface area contributed by atoms with Gasteiger partial charge in [-0.3, -0.25) is 5.41 Å². The topological polar surface area (TPSA) is 72.8 Å². The Balaban J connectivity index is 1.32. The molecule has 0 aliphatic heterocycles. The fourth-order valence-corrected chi connectivity index (χ4v) is 3.78. The predicted molar refractivity (Wildman–Crippen MR) is 110 cm³/mol. The van der Waals surface area contributed by atoms with Gasteiger partial charge in [-0.15, -0.1) is 0 Å². The molecule has 2 aliphatic carbocycles. The molecule has 2 aliphatic rings. The van der Waals surface area contributed by atoms with E-state index in [1.165, 1.54) is 11.1 Å². The molecule has 1 fully saturated rings. The van der Waals surface area contributed by atoms with Crippen LogP contribution in [0.25, 0.3) is 10.9 Å². The highest BCUT2D eigenvalue weighted by Crippen LogP contribution is 2.33. The summed E-state index contributed by atoms with van der Waals surface area (Å²) >= 11 is 0. The molecule has 136 valence electrons. The van der Waals surface area contributed by atoms with Crippen LogP contribution in [0.3, 0.4) is 0 Å². The molecule has 0 amide bonds. The fraction of sp³-hybridized carbons (Fsp3) is 0.273. The summed E-state index contributed by atoms with van der Waals surface area (Å²) in [7, 11) is 0. The first-order valence-electron chi connectivity index (χ1n) is 9.62. The van der Waals surface area contributed by atoms with E-state index in [-0.39, 0.29) is 0 Å². The van der Waals surface area contributed by atoms with Crippen LogP contribution in [0.1, 0.15) is 36.4 Å². The van der Waals surface area contributed by atoms with E-state index in [1.54, 1.807) is 0 Å². The van der Waals surface area contributed by atoms with E-state index in [0.29, 0.717) is 18.0 Å². The second-order valence-electron chi connectivity index (χ2n) is 7.46. The Kier molecular flexibility index (Phi) is 3.93. The van der Waals surface area contributed by atoms with Gasteiger partial charge in [0.1, 0.15) is 5.82 Å². The minimum absolute atomic E-state index is 0.334. The minimum Gasteiger partial charge on any atom is -0.363 e. The molecule has 0 saturated heterocycles. The number of aryl methyl sites for hydroxylation is 1. The van der Waals surface area contributed by atoms with Gasteiger partial charge in [-0.25, -0.2) is 4.98 Å². The van der Waals surface area contributed by atoms with E-state index >= 15 is 0 Å². The summed E-state index contributed by atoms with van der Waals surface area (Å²) in [5, 5.41) is 18.9. The first-order chi connectivity index (χ1) is 13.2. The lowest BCUT2D eigenvalue weighted by Gasteiger charge is -2.15. The number of rotatable bonds is 4. The largest absolute Gasteiger partial charge is 0.363 e. The number of pyridine rings is 1. The van der Waals surface area contributed by atoms with Crippen molar-refractivity contribution in [1.29, 1.82) is 5.41 Å². The number of anilines is 2. The van der Waals surface area contributed by atoms with Gasteiger partial charge >= 0.3 is 0 Å². The lowest BCUT2D eigenvalue weighted by Crippen LogP contribution is -2.31. The molecule has 1 saturated carbocycles. The predicted octanol–water partition coefficient (Wildman–Crippen LogP) is 4.43. The SMILES string of the molecule is N=C(Nc1ccc2nc(N[C@@H]3CCc4ccccc43)ccc2c1)NC1CC1. The number of fused-ring (bicyclic) bond motifs is 2. The van der Waals surface area contributed by atoms with Crippen molar-refractivity contribution in [3.63, 3.8) is 0 Å². The molecule has 1 atom stereocenters. The zero-order valence-electron chi connectivity index (χ0n) is 15.1. The molecule has 4 N–H and O–H groups in total. The highest BCUT2D eigenvalue weighted by Gasteiger charge is 2.22. The smallest absolute Gasteiger partial charge is 0.193 e. The molecule has 0 radical (unpaired) electrons. The number of aromatic nitrogens is 1. The molecule has 5 heteroatoms. The van der Waals surface area contributed by atoms with E-state index in [9.17, 15) is 0 Å². The van der Waals surface area contributed by atoms with Crippen molar-refractivity contribution in [3.05, 3.63) is 65.7 Å². The number of guanidine groups is 1. The van der Waals surface area contributed by atoms with Crippen molar-refractivity contribution in [2.45, 2.75) is 37.8 Å². The van der Waals surface area contributed by atoms with E-state index in [4.69, 9.17) is 10.4 Å². The third kappa shape index (κ3) is 3.45. The van der Waals surface area contributed by atoms with Crippen LogP contribution in [-0.4, -0.2) is 17.0 Å². The van der Waals surface area contributed by atoms with Gasteiger partial charge < -0.3 is 16.0 Å². The Labute approximate surface area is 158 Å². The molecule has 0 spiro atoms. The molecule has 3 aromatic rings. The normalized spacial score (nSPS) is 18.1. The molecular formula is C22H23N5. The van der Waals surface area contributed by atoms with E-state index in [0.717, 1.165) is 48.1 Å². The number of hydrogen-bond acceptors (Lipinski definition) is 3. The first-order valence-corrected chi connectivity index (χ1v) is 9.62. The molecule has 1 aromatic heterocycles. The summed E-state index contributed by atoms with van der Waals surface area (Å²) < 4.78 is 0. The molecule has 0 unspecified atom stereocenters. The van der Waals surface area contributed by atoms with Gasteiger partial charge in [0, 0.05) is 17.1 Å². The van der Waals surface area contributed by atoms with E-state index < -0.39 is 0 Å². The van der Waals surface area contributed by atoms with Gasteiger partial charge in [-0.2, -0.15) is 0 Å². The zero-order chi connectivity index (χ0) is 18.2. The van der Waals surface area contributed by atoms with Crippen molar-refractivity contribution in [3.8, 4) is 0 Å². The molecule has 5 rings (SSSR count). The number of benzene rings is 2. The highest BCUT2D eigenvalue weighted by atomic mass is 15.2. The number of hydrogen-bond donors (Lipinski definition) is 4. The summed E-state index contributed by atoms with van der Waals surface area (Å²) in [5.41, 5.74) is 4.70. The van der Waals surface area contributed by atoms with Gasteiger partial charge in [0.25, 0.3) is 0 Å². The van der Waals surface area contributed by atoms with Crippen LogP contribution < -0.4 is 16.0 Å². The van der Waals surface area contributed by atoms with Crippen LogP contribution in [0.2, 0.25) is 0 Å². The Hall–Kier alpha value is -3.08. The molecule has 1 heterocycles. The molecule has 0 bridgehead atoms. The van der Waals surface area contributed by atoms with Crippen LogP contribution in [0.15, 0.2) is 54.6 Å². The lowest BCUT2D eigenvalue weighted by atomic mass is 10.1. The fourth-order valence-electron chi connectivity index (χ4n) is 3.78. The monoisotopic (exact) mass is 357 g/mol. The van der Waals surface area contributed by atoms with Crippen molar-refractivity contribution < 1.29 is 0 Å². The average Bonchev–Trinajstić information content (AvgIpc) is 3.40. The minimum atomic E-state index is 0.334. The van der Waals surface area contributed by atoms with Crippen molar-refractivity contribution in [2.75, 3.05) is 10.6 Å². The molecule has 5 nitrogen and oxygen atoms in total. The average molecular weight is 357 g/mol. The van der Waals surface area contributed by atoms with Gasteiger partial charge in [0.15, 0.2) is 5.96 Å². The van der Waals surface area contributed by atoms with Crippen LogP contribution in [0, 0.1) is 5.41 Å². The Bertz CT molecular complexity index is 1010. The zero-order valence-corrected chi connectivity index (χ0v) is 15.1. The second-order valence-corrected chi connectivity index (χ2v) is 7.46. The second kappa shape index (κ2) is 6.58. The van der Waals surface area contributed by atoms with Crippen LogP contribution in [0.5, 0.6) is 0 Å². The van der Waals surface area contributed by atoms with Gasteiger partial charge in [0.2, 0.25) is 0 Å². The van der Waals surface area contributed by atoms with Crippen molar-refractivity contribution in [2.24, 2.45) is 0 Å². The van der Waals surface area contributed by atoms with Crippen LogP contribution in [-0.2, 0) is 6.42 Å². The highest BCUT2D eigenvalue weighted by molar-refractivity contribution is 5.94. The quantitative estimate of drug-likeness (QED) is 0.412. The third-order valence-electron chi connectivity index (χ3n) is 5.34. The van der Waals surface area contributed by atoms with Crippen molar-refractivity contribution >= 4 is 28.4 Å². The standard InChI is InChI=1S/C22H23N5/c23-22(24-16-7-8-16)25-17-9-11-19-15(13-17)6-12-21(26-19)27-20-10-5-14-3-1-2-4-18(14)20/h1-4,6,9,11-13,16,20H,5,7-8,10H2,(H,26,27)(H3,23,24,25)/t20-/m1/s1. The number of nitrogens with zero attached hydrogens (tertiary/aromatic N) is 1. The summed E-state index contributed by atoms with van der Waals surface area (Å²) in [6.45, 7) is 0. The van der Waals surface area contributed by atoms with Gasteiger partial charge in [-0.05, 0) is 67.1 Å². The van der Waals surface area contributed by atoms with Crippen LogP contribution in [0.4, 0.5) is 11.5 Å². The maximum atomic E-state index is 7.98. The summed E-state index contributed by atoms with van der Waals surface area (Å²) in [4.78, 5) is 4.78. The number of nitrogens with one attached hydrogen (secondary N) is 4. The maximum Gasteiger partial charge on any atom is 0.193 e. The summed E-state index contributed by atoms with van der Waals surface area (Å²) in [6, 6.07) is 19.6. The van der Waals surface area contributed by atoms with E-state index in [1.807, 2.05) is 24.3 Å². The lowest BCUT2D eigenvalue weighted by molar-refractivity contribution is 0.758. The maximum absolute atomic E-state index is 7.98. The third-order valence-corrected chi connectivity index (χ3v) is 5.34. The van der Waals surface area contributed by atoms with E-state index in [2.05, 4.69) is 46.3 Å². The Morgan fingerprint density at radius 3 is 2.78 bits per heavy atom. The Morgan fingerprint density at radius 2 is 1.89 bits per heavy atom.